The van der Waals surface area contributed by atoms with Crippen molar-refractivity contribution in [2.45, 2.75) is 24.7 Å². The second-order valence-corrected chi connectivity index (χ2v) is 7.04. The van der Waals surface area contributed by atoms with E-state index in [1.165, 1.54) is 22.0 Å². The second kappa shape index (κ2) is 5.81. The molecule has 0 amide bonds. The lowest BCUT2D eigenvalue weighted by Crippen LogP contribution is -2.25. The van der Waals surface area contributed by atoms with Crippen LogP contribution >= 0.6 is 11.3 Å². The number of aryl methyl sites for hydroxylation is 2. The van der Waals surface area contributed by atoms with Gasteiger partial charge in [-0.2, -0.15) is 5.10 Å². The van der Waals surface area contributed by atoms with Gasteiger partial charge in [-0.3, -0.25) is 4.68 Å². The summed E-state index contributed by atoms with van der Waals surface area (Å²) in [5.41, 5.74) is 0. The fourth-order valence-corrected chi connectivity index (χ4v) is 3.42. The highest BCUT2D eigenvalue weighted by molar-refractivity contribution is 7.89. The average Bonchev–Trinajstić information content (AvgIpc) is 2.98. The Bertz CT molecular complexity index is 645. The quantitative estimate of drug-likeness (QED) is 0.862. The van der Waals surface area contributed by atoms with Crippen LogP contribution in [-0.4, -0.2) is 29.7 Å². The summed E-state index contributed by atoms with van der Waals surface area (Å²) in [4.78, 5) is 5.65. The number of rotatable bonds is 6. The second-order valence-electron chi connectivity index (χ2n) is 4.07. The van der Waals surface area contributed by atoms with Gasteiger partial charge in [0.15, 0.2) is 0 Å². The molecule has 0 unspecified atom stereocenters. The molecule has 0 aliphatic rings. The third kappa shape index (κ3) is 3.62. The van der Waals surface area contributed by atoms with Gasteiger partial charge >= 0.3 is 0 Å². The minimum atomic E-state index is -3.46. The summed E-state index contributed by atoms with van der Waals surface area (Å²) in [5, 5.41) is 4.80. The van der Waals surface area contributed by atoms with Crippen molar-refractivity contribution in [3.05, 3.63) is 28.5 Å². The highest BCUT2D eigenvalue weighted by Crippen LogP contribution is 2.13. The smallest absolute Gasteiger partial charge is 0.243 e. The zero-order valence-corrected chi connectivity index (χ0v) is 12.5. The van der Waals surface area contributed by atoms with Crippen LogP contribution in [0.1, 0.15) is 16.8 Å². The van der Waals surface area contributed by atoms with E-state index in [1.54, 1.807) is 18.4 Å². The highest BCUT2D eigenvalue weighted by Gasteiger charge is 2.15. The van der Waals surface area contributed by atoms with Crippen molar-refractivity contribution in [3.8, 4) is 0 Å². The van der Waals surface area contributed by atoms with E-state index < -0.39 is 10.0 Å². The lowest BCUT2D eigenvalue weighted by Gasteiger charge is -2.02. The van der Waals surface area contributed by atoms with Gasteiger partial charge in [0.25, 0.3) is 0 Å². The van der Waals surface area contributed by atoms with E-state index in [-0.39, 0.29) is 4.90 Å². The normalized spacial score (nSPS) is 11.9. The average molecular weight is 300 g/mol. The minimum Gasteiger partial charge on any atom is -0.274 e. The first-order valence-corrected chi connectivity index (χ1v) is 8.23. The largest absolute Gasteiger partial charge is 0.274 e. The van der Waals surface area contributed by atoms with Crippen LogP contribution in [0.3, 0.4) is 0 Å². The Morgan fingerprint density at radius 2 is 2.21 bits per heavy atom. The highest BCUT2D eigenvalue weighted by atomic mass is 32.2. The maximum absolute atomic E-state index is 11.9. The standard InChI is InChI=1S/C11H16N4O2S2/c1-3-9-6-12-11(18-9)4-5-14-19(16,17)10-7-13-15(2)8-10/h6-8,14H,3-5H2,1-2H3. The van der Waals surface area contributed by atoms with Gasteiger partial charge in [0.2, 0.25) is 10.0 Å². The molecule has 0 spiro atoms. The molecule has 19 heavy (non-hydrogen) atoms. The van der Waals surface area contributed by atoms with E-state index in [0.29, 0.717) is 13.0 Å². The molecule has 1 N–H and O–H groups in total. The van der Waals surface area contributed by atoms with Gasteiger partial charge in [0.05, 0.1) is 11.2 Å². The van der Waals surface area contributed by atoms with Crippen LogP contribution in [0.2, 0.25) is 0 Å². The van der Waals surface area contributed by atoms with Crippen LogP contribution in [-0.2, 0) is 29.9 Å². The molecule has 0 aliphatic heterocycles. The van der Waals surface area contributed by atoms with Crippen LogP contribution in [0.25, 0.3) is 0 Å². The first-order chi connectivity index (χ1) is 9.01. The van der Waals surface area contributed by atoms with Gasteiger partial charge in [0.1, 0.15) is 4.90 Å². The van der Waals surface area contributed by atoms with Gasteiger partial charge in [-0.05, 0) is 6.42 Å². The van der Waals surface area contributed by atoms with E-state index >= 15 is 0 Å². The molecule has 0 bridgehead atoms. The van der Waals surface area contributed by atoms with Crippen molar-refractivity contribution in [1.82, 2.24) is 19.5 Å². The molecule has 0 fully saturated rings. The van der Waals surface area contributed by atoms with Gasteiger partial charge in [-0.15, -0.1) is 11.3 Å². The van der Waals surface area contributed by atoms with Crippen molar-refractivity contribution in [2.75, 3.05) is 6.54 Å². The number of nitrogens with one attached hydrogen (secondary N) is 1. The zero-order chi connectivity index (χ0) is 13.9. The van der Waals surface area contributed by atoms with Gasteiger partial charge in [-0.1, -0.05) is 6.92 Å². The van der Waals surface area contributed by atoms with Crippen LogP contribution < -0.4 is 4.72 Å². The van der Waals surface area contributed by atoms with Crippen molar-refractivity contribution >= 4 is 21.4 Å². The molecule has 0 aliphatic carbocycles. The summed E-state index contributed by atoms with van der Waals surface area (Å²) in [6.07, 6.45) is 6.21. The van der Waals surface area contributed by atoms with Crippen LogP contribution in [0.5, 0.6) is 0 Å². The van der Waals surface area contributed by atoms with Crippen LogP contribution in [0.4, 0.5) is 0 Å². The third-order valence-electron chi connectivity index (χ3n) is 2.57. The number of hydrogen-bond donors (Lipinski definition) is 1. The maximum Gasteiger partial charge on any atom is 0.243 e. The molecule has 2 rings (SSSR count). The summed E-state index contributed by atoms with van der Waals surface area (Å²) >= 11 is 1.62. The number of thiazole rings is 1. The molecule has 2 aromatic heterocycles. The van der Waals surface area contributed by atoms with Crippen molar-refractivity contribution in [1.29, 1.82) is 0 Å². The first kappa shape index (κ1) is 14.2. The predicted octanol–water partition coefficient (Wildman–Crippen LogP) is 0.960. The van der Waals surface area contributed by atoms with Gasteiger partial charge in [-0.25, -0.2) is 18.1 Å². The van der Waals surface area contributed by atoms with E-state index in [4.69, 9.17) is 0 Å². The summed E-state index contributed by atoms with van der Waals surface area (Å²) < 4.78 is 27.8. The summed E-state index contributed by atoms with van der Waals surface area (Å²) in [6, 6.07) is 0. The molecular formula is C11H16N4O2S2. The maximum atomic E-state index is 11.9. The number of hydrogen-bond acceptors (Lipinski definition) is 5. The Hall–Kier alpha value is -1.25. The number of sulfonamides is 1. The fourth-order valence-electron chi connectivity index (χ4n) is 1.54. The van der Waals surface area contributed by atoms with E-state index in [0.717, 1.165) is 11.4 Å². The minimum absolute atomic E-state index is 0.184. The molecule has 104 valence electrons. The predicted molar refractivity (Wildman–Crippen MR) is 73.6 cm³/mol. The van der Waals surface area contributed by atoms with E-state index in [2.05, 4.69) is 21.7 Å². The lowest BCUT2D eigenvalue weighted by molar-refractivity contribution is 0.581. The molecule has 0 atom stereocenters. The number of nitrogens with zero attached hydrogens (tertiary/aromatic N) is 3. The van der Waals surface area contributed by atoms with Crippen LogP contribution in [0.15, 0.2) is 23.5 Å². The molecule has 0 saturated carbocycles. The zero-order valence-electron chi connectivity index (χ0n) is 10.8. The molecule has 8 heteroatoms. The SMILES string of the molecule is CCc1cnc(CCNS(=O)(=O)c2cnn(C)c2)s1. The summed E-state index contributed by atoms with van der Waals surface area (Å²) in [7, 11) is -1.78. The topological polar surface area (TPSA) is 76.9 Å². The Morgan fingerprint density at radius 3 is 2.79 bits per heavy atom. The van der Waals surface area contributed by atoms with Crippen molar-refractivity contribution in [2.24, 2.45) is 7.05 Å². The Morgan fingerprint density at radius 1 is 1.42 bits per heavy atom. The Labute approximate surface area is 116 Å². The van der Waals surface area contributed by atoms with Crippen molar-refractivity contribution in [3.63, 3.8) is 0 Å². The molecule has 2 heterocycles. The Kier molecular flexibility index (Phi) is 4.33. The fraction of sp³-hybridized carbons (Fsp3) is 0.455. The molecule has 0 radical (unpaired) electrons. The first-order valence-electron chi connectivity index (χ1n) is 5.93. The van der Waals surface area contributed by atoms with E-state index in [1.807, 2.05) is 6.20 Å². The van der Waals surface area contributed by atoms with Crippen molar-refractivity contribution < 1.29 is 8.42 Å². The summed E-state index contributed by atoms with van der Waals surface area (Å²) in [6.45, 7) is 2.41. The summed E-state index contributed by atoms with van der Waals surface area (Å²) in [5.74, 6) is 0. The molecule has 0 aromatic carbocycles. The Balaban J connectivity index is 1.91. The molecular weight excluding hydrogens is 284 g/mol. The van der Waals surface area contributed by atoms with Crippen LogP contribution in [0, 0.1) is 0 Å². The van der Waals surface area contributed by atoms with E-state index in [9.17, 15) is 8.42 Å². The van der Waals surface area contributed by atoms with Gasteiger partial charge in [0, 0.05) is 37.3 Å². The van der Waals surface area contributed by atoms with Gasteiger partial charge < -0.3 is 0 Å². The number of aromatic nitrogens is 3. The molecule has 6 nitrogen and oxygen atoms in total. The lowest BCUT2D eigenvalue weighted by atomic mass is 10.4. The molecule has 2 aromatic rings. The monoisotopic (exact) mass is 300 g/mol. The molecule has 0 saturated heterocycles. The third-order valence-corrected chi connectivity index (χ3v) is 5.19.